The van der Waals surface area contributed by atoms with Crippen LogP contribution in [0.1, 0.15) is 16.1 Å². The van der Waals surface area contributed by atoms with Gasteiger partial charge < -0.3 is 10.1 Å². The molecule has 0 fully saturated rings. The summed E-state index contributed by atoms with van der Waals surface area (Å²) in [6, 6.07) is 3.34. The largest absolute Gasteiger partial charge is 0.383 e. The number of carbonyl (C=O) groups is 1. The van der Waals surface area contributed by atoms with E-state index in [4.69, 9.17) is 27.9 Å². The highest BCUT2D eigenvalue weighted by atomic mass is 35.5. The van der Waals surface area contributed by atoms with Gasteiger partial charge in [0.2, 0.25) is 0 Å². The van der Waals surface area contributed by atoms with E-state index in [1.807, 2.05) is 0 Å². The van der Waals surface area contributed by atoms with Crippen LogP contribution in [0.4, 0.5) is 0 Å². The third-order valence-corrected chi connectivity index (χ3v) is 3.41. The van der Waals surface area contributed by atoms with Crippen LogP contribution in [0, 0.1) is 0 Å². The minimum Gasteiger partial charge on any atom is -0.383 e. The Balaban J connectivity index is 2.54. The van der Waals surface area contributed by atoms with E-state index < -0.39 is 0 Å². The number of alkyl halides is 1. The second-order valence-corrected chi connectivity index (χ2v) is 5.30. The van der Waals surface area contributed by atoms with Gasteiger partial charge in [-0.25, -0.2) is 0 Å². The number of thiophene rings is 1. The molecule has 1 aromatic heterocycles. The highest BCUT2D eigenvalue weighted by molar-refractivity contribution is 7.17. The van der Waals surface area contributed by atoms with Crippen molar-refractivity contribution < 1.29 is 9.53 Å². The topological polar surface area (TPSA) is 38.3 Å². The maximum Gasteiger partial charge on any atom is 0.261 e. The number of amides is 1. The quantitative estimate of drug-likeness (QED) is 0.815. The van der Waals surface area contributed by atoms with Crippen molar-refractivity contribution >= 4 is 40.4 Å². The number of nitrogens with one attached hydrogen (secondary N) is 1. The van der Waals surface area contributed by atoms with Crippen molar-refractivity contribution in [2.24, 2.45) is 0 Å². The van der Waals surface area contributed by atoms with Crippen LogP contribution >= 0.6 is 34.5 Å². The van der Waals surface area contributed by atoms with Crippen molar-refractivity contribution in [2.75, 3.05) is 19.6 Å². The number of methoxy groups -OCH3 is 1. The molecular weight excluding hydrogens is 269 g/mol. The highest BCUT2D eigenvalue weighted by Gasteiger charge is 2.14. The predicted octanol–water partition coefficient (Wildman–Crippen LogP) is 2.78. The summed E-state index contributed by atoms with van der Waals surface area (Å²) in [5, 5.41) is 2.85. The summed E-state index contributed by atoms with van der Waals surface area (Å²) in [6.45, 7) is 0.456. The molecular formula is C10H13Cl2NO2S. The zero-order chi connectivity index (χ0) is 12.0. The van der Waals surface area contributed by atoms with Gasteiger partial charge in [-0.1, -0.05) is 11.6 Å². The fraction of sp³-hybridized carbons (Fsp3) is 0.500. The van der Waals surface area contributed by atoms with E-state index in [0.717, 1.165) is 0 Å². The Morgan fingerprint density at radius 3 is 2.88 bits per heavy atom. The van der Waals surface area contributed by atoms with Gasteiger partial charge in [-0.05, 0) is 18.6 Å². The minimum atomic E-state index is -0.135. The molecule has 1 aromatic rings. The molecule has 0 aliphatic heterocycles. The molecule has 1 heterocycles. The summed E-state index contributed by atoms with van der Waals surface area (Å²) in [4.78, 5) is 12.4. The second-order valence-electron chi connectivity index (χ2n) is 3.21. The third kappa shape index (κ3) is 4.29. The lowest BCUT2D eigenvalue weighted by Gasteiger charge is -2.15. The fourth-order valence-corrected chi connectivity index (χ4v) is 2.43. The minimum absolute atomic E-state index is 0.0594. The zero-order valence-corrected chi connectivity index (χ0v) is 11.2. The van der Waals surface area contributed by atoms with Crippen LogP contribution < -0.4 is 5.32 Å². The molecule has 0 aliphatic carbocycles. The van der Waals surface area contributed by atoms with Gasteiger partial charge in [0.05, 0.1) is 21.9 Å². The van der Waals surface area contributed by atoms with Gasteiger partial charge in [0.25, 0.3) is 5.91 Å². The van der Waals surface area contributed by atoms with E-state index in [-0.39, 0.29) is 11.9 Å². The molecule has 1 amide bonds. The number of carbonyl (C=O) groups excluding carboxylic acids is 1. The Labute approximate surface area is 109 Å². The monoisotopic (exact) mass is 281 g/mol. The maximum atomic E-state index is 11.8. The maximum absolute atomic E-state index is 11.8. The van der Waals surface area contributed by atoms with Crippen molar-refractivity contribution in [2.45, 2.75) is 12.5 Å². The SMILES string of the molecule is COCC(CCCl)NC(=O)c1ccc(Cl)s1. The van der Waals surface area contributed by atoms with Gasteiger partial charge >= 0.3 is 0 Å². The molecule has 1 N–H and O–H groups in total. The summed E-state index contributed by atoms with van der Waals surface area (Å²) < 4.78 is 5.61. The third-order valence-electron chi connectivity index (χ3n) is 1.96. The molecule has 0 aliphatic rings. The highest BCUT2D eigenvalue weighted by Crippen LogP contribution is 2.21. The van der Waals surface area contributed by atoms with Crippen LogP contribution in [0.15, 0.2) is 12.1 Å². The Kier molecular flexibility index (Phi) is 6.13. The Hall–Kier alpha value is -0.290. The Bertz CT molecular complexity index is 337. The second kappa shape index (κ2) is 7.12. The molecule has 16 heavy (non-hydrogen) atoms. The van der Waals surface area contributed by atoms with E-state index in [0.29, 0.717) is 28.1 Å². The summed E-state index contributed by atoms with van der Waals surface area (Å²) in [6.07, 6.45) is 0.681. The van der Waals surface area contributed by atoms with Crippen molar-refractivity contribution in [1.29, 1.82) is 0 Å². The van der Waals surface area contributed by atoms with E-state index in [1.165, 1.54) is 11.3 Å². The Morgan fingerprint density at radius 1 is 1.62 bits per heavy atom. The number of rotatable bonds is 6. The van der Waals surface area contributed by atoms with Crippen LogP contribution in [0.2, 0.25) is 4.34 Å². The summed E-state index contributed by atoms with van der Waals surface area (Å²) in [5.74, 6) is 0.350. The number of hydrogen-bond donors (Lipinski definition) is 1. The lowest BCUT2D eigenvalue weighted by Crippen LogP contribution is -2.38. The predicted molar refractivity (Wildman–Crippen MR) is 67.8 cm³/mol. The molecule has 1 rings (SSSR count). The smallest absolute Gasteiger partial charge is 0.261 e. The standard InChI is InChI=1S/C10H13Cl2NO2S/c1-15-6-7(4-5-11)13-10(14)8-2-3-9(12)16-8/h2-3,7H,4-6H2,1H3,(H,13,14). The van der Waals surface area contributed by atoms with E-state index in [2.05, 4.69) is 5.32 Å². The van der Waals surface area contributed by atoms with Crippen LogP contribution in [0.3, 0.4) is 0 Å². The molecule has 3 nitrogen and oxygen atoms in total. The fourth-order valence-electron chi connectivity index (χ4n) is 1.22. The van der Waals surface area contributed by atoms with Gasteiger partial charge in [-0.2, -0.15) is 0 Å². The molecule has 0 aromatic carbocycles. The van der Waals surface area contributed by atoms with Crippen molar-refractivity contribution in [3.63, 3.8) is 0 Å². The van der Waals surface area contributed by atoms with E-state index >= 15 is 0 Å². The summed E-state index contributed by atoms with van der Waals surface area (Å²) >= 11 is 12.6. The Morgan fingerprint density at radius 2 is 2.38 bits per heavy atom. The molecule has 1 atom stereocenters. The first-order valence-corrected chi connectivity index (χ1v) is 6.51. The van der Waals surface area contributed by atoms with Crippen LogP contribution in [0.5, 0.6) is 0 Å². The zero-order valence-electron chi connectivity index (χ0n) is 8.83. The molecule has 90 valence electrons. The average molecular weight is 282 g/mol. The lowest BCUT2D eigenvalue weighted by atomic mass is 10.2. The van der Waals surface area contributed by atoms with Gasteiger partial charge in [0, 0.05) is 13.0 Å². The number of ether oxygens (including phenoxy) is 1. The number of hydrogen-bond acceptors (Lipinski definition) is 3. The van der Waals surface area contributed by atoms with Gasteiger partial charge in [0.1, 0.15) is 0 Å². The van der Waals surface area contributed by atoms with E-state index in [9.17, 15) is 4.79 Å². The van der Waals surface area contributed by atoms with E-state index in [1.54, 1.807) is 19.2 Å². The lowest BCUT2D eigenvalue weighted by molar-refractivity contribution is 0.0899. The first-order valence-electron chi connectivity index (χ1n) is 4.78. The number of halogens is 2. The van der Waals surface area contributed by atoms with Crippen LogP contribution in [0.25, 0.3) is 0 Å². The van der Waals surface area contributed by atoms with Crippen molar-refractivity contribution in [3.8, 4) is 0 Å². The summed E-state index contributed by atoms with van der Waals surface area (Å²) in [5.41, 5.74) is 0. The van der Waals surface area contributed by atoms with Crippen molar-refractivity contribution in [1.82, 2.24) is 5.32 Å². The van der Waals surface area contributed by atoms with Gasteiger partial charge in [0.15, 0.2) is 0 Å². The van der Waals surface area contributed by atoms with Crippen LogP contribution in [-0.2, 0) is 4.74 Å². The molecule has 6 heteroatoms. The summed E-state index contributed by atoms with van der Waals surface area (Å²) in [7, 11) is 1.59. The van der Waals surface area contributed by atoms with Crippen molar-refractivity contribution in [3.05, 3.63) is 21.3 Å². The first-order chi connectivity index (χ1) is 7.67. The molecule has 0 bridgehead atoms. The van der Waals surface area contributed by atoms with Gasteiger partial charge in [-0.3, -0.25) is 4.79 Å². The van der Waals surface area contributed by atoms with Crippen LogP contribution in [-0.4, -0.2) is 31.5 Å². The first kappa shape index (κ1) is 13.8. The normalized spacial score (nSPS) is 12.4. The van der Waals surface area contributed by atoms with Gasteiger partial charge in [-0.15, -0.1) is 22.9 Å². The molecule has 1 unspecified atom stereocenters. The molecule has 0 saturated carbocycles. The molecule has 0 saturated heterocycles. The average Bonchev–Trinajstić information content (AvgIpc) is 2.65. The molecule has 0 spiro atoms. The molecule has 0 radical (unpaired) electrons.